The fourth-order valence-electron chi connectivity index (χ4n) is 3.24. The second-order valence-electron chi connectivity index (χ2n) is 6.51. The highest BCUT2D eigenvalue weighted by molar-refractivity contribution is 6.31. The van der Waals surface area contributed by atoms with E-state index in [9.17, 15) is 4.79 Å². The maximum atomic E-state index is 12.5. The highest BCUT2D eigenvalue weighted by atomic mass is 35.5. The molecule has 6 nitrogen and oxygen atoms in total. The van der Waals surface area contributed by atoms with Crippen molar-refractivity contribution in [1.29, 1.82) is 0 Å². The first-order valence-corrected chi connectivity index (χ1v) is 9.30. The summed E-state index contributed by atoms with van der Waals surface area (Å²) in [5.74, 6) is 0.824. The van der Waals surface area contributed by atoms with Crippen molar-refractivity contribution in [2.45, 2.75) is 13.0 Å². The number of aromatic nitrogens is 2. The van der Waals surface area contributed by atoms with Crippen molar-refractivity contribution >= 4 is 29.1 Å². The van der Waals surface area contributed by atoms with E-state index in [1.807, 2.05) is 6.07 Å². The van der Waals surface area contributed by atoms with Crippen molar-refractivity contribution < 1.29 is 9.53 Å². The first-order valence-electron chi connectivity index (χ1n) is 8.92. The Morgan fingerprint density at radius 1 is 1.14 bits per heavy atom. The Morgan fingerprint density at radius 2 is 1.89 bits per heavy atom. The van der Waals surface area contributed by atoms with Crippen molar-refractivity contribution in [3.8, 4) is 5.75 Å². The van der Waals surface area contributed by atoms with Gasteiger partial charge in [0.05, 0.1) is 18.4 Å². The lowest BCUT2D eigenvalue weighted by molar-refractivity contribution is 0.102. The first-order chi connectivity index (χ1) is 13.6. The molecular weight excluding hydrogens is 376 g/mol. The van der Waals surface area contributed by atoms with Gasteiger partial charge in [-0.05, 0) is 35.7 Å². The van der Waals surface area contributed by atoms with Gasteiger partial charge >= 0.3 is 0 Å². The van der Waals surface area contributed by atoms with Gasteiger partial charge in [-0.2, -0.15) is 0 Å². The lowest BCUT2D eigenvalue weighted by Gasteiger charge is -2.28. The molecule has 0 aliphatic carbocycles. The van der Waals surface area contributed by atoms with E-state index >= 15 is 0 Å². The van der Waals surface area contributed by atoms with E-state index < -0.39 is 0 Å². The number of nitrogens with zero attached hydrogens (tertiary/aromatic N) is 3. The maximum absolute atomic E-state index is 12.5. The standard InChI is InChI=1S/C21H19ClN4O2/c1-28-19-7-6-17(22)10-18(19)25-20(27)16-11-23-21(24-12-16)26-9-8-14-4-2-3-5-15(14)13-26/h2-7,10-12H,8-9,13H2,1H3,(H,25,27). The van der Waals surface area contributed by atoms with Crippen molar-refractivity contribution in [2.75, 3.05) is 23.9 Å². The number of benzene rings is 2. The number of carbonyl (C=O) groups excluding carboxylic acids is 1. The third-order valence-corrected chi connectivity index (χ3v) is 4.96. The fraction of sp³-hybridized carbons (Fsp3) is 0.190. The number of fused-ring (bicyclic) bond motifs is 1. The van der Waals surface area contributed by atoms with E-state index in [1.165, 1.54) is 30.6 Å². The van der Waals surface area contributed by atoms with Gasteiger partial charge < -0.3 is 15.0 Å². The Bertz CT molecular complexity index is 1010. The van der Waals surface area contributed by atoms with Crippen LogP contribution in [0.25, 0.3) is 0 Å². The summed E-state index contributed by atoms with van der Waals surface area (Å²) in [7, 11) is 1.54. The molecule has 1 N–H and O–H groups in total. The van der Waals surface area contributed by atoms with Crippen molar-refractivity contribution in [3.63, 3.8) is 0 Å². The number of nitrogens with one attached hydrogen (secondary N) is 1. The van der Waals surface area contributed by atoms with Crippen molar-refractivity contribution in [3.05, 3.63) is 76.6 Å². The zero-order chi connectivity index (χ0) is 19.5. The molecule has 0 atom stereocenters. The summed E-state index contributed by atoms with van der Waals surface area (Å²) in [6.07, 6.45) is 4.03. The van der Waals surface area contributed by atoms with Crippen LogP contribution in [-0.4, -0.2) is 29.5 Å². The van der Waals surface area contributed by atoms with Crippen LogP contribution in [0.15, 0.2) is 54.9 Å². The van der Waals surface area contributed by atoms with E-state index in [2.05, 4.69) is 38.4 Å². The number of halogens is 1. The molecule has 2 aromatic carbocycles. The van der Waals surface area contributed by atoms with Gasteiger partial charge in [-0.1, -0.05) is 35.9 Å². The van der Waals surface area contributed by atoms with Gasteiger partial charge in [-0.15, -0.1) is 0 Å². The van der Waals surface area contributed by atoms with Crippen LogP contribution in [0.1, 0.15) is 21.5 Å². The quantitative estimate of drug-likeness (QED) is 0.725. The third kappa shape index (κ3) is 3.77. The predicted octanol–water partition coefficient (Wildman–Crippen LogP) is 3.95. The molecule has 0 bridgehead atoms. The highest BCUT2D eigenvalue weighted by Gasteiger charge is 2.19. The first kappa shape index (κ1) is 18.3. The number of amides is 1. The Hall–Kier alpha value is -3.12. The molecule has 0 radical (unpaired) electrons. The molecule has 1 aromatic heterocycles. The van der Waals surface area contributed by atoms with Gasteiger partial charge in [0.25, 0.3) is 5.91 Å². The largest absolute Gasteiger partial charge is 0.495 e. The lowest BCUT2D eigenvalue weighted by atomic mass is 10.0. The van der Waals surface area contributed by atoms with Gasteiger partial charge in [0.15, 0.2) is 0 Å². The van der Waals surface area contributed by atoms with Crippen molar-refractivity contribution in [1.82, 2.24) is 9.97 Å². The number of rotatable bonds is 4. The van der Waals surface area contributed by atoms with E-state index in [4.69, 9.17) is 16.3 Å². The molecule has 0 unspecified atom stereocenters. The highest BCUT2D eigenvalue weighted by Crippen LogP contribution is 2.28. The Labute approximate surface area is 168 Å². The third-order valence-electron chi connectivity index (χ3n) is 4.72. The summed E-state index contributed by atoms with van der Waals surface area (Å²) < 4.78 is 5.25. The second-order valence-corrected chi connectivity index (χ2v) is 6.95. The normalized spacial score (nSPS) is 13.0. The maximum Gasteiger partial charge on any atom is 0.258 e. The van der Waals surface area contributed by atoms with Crippen LogP contribution in [0.4, 0.5) is 11.6 Å². The average Bonchev–Trinajstić information content (AvgIpc) is 2.73. The molecular formula is C21H19ClN4O2. The molecule has 2 heterocycles. The molecule has 142 valence electrons. The zero-order valence-electron chi connectivity index (χ0n) is 15.4. The summed E-state index contributed by atoms with van der Waals surface area (Å²) in [4.78, 5) is 23.4. The van der Waals surface area contributed by atoms with Crippen LogP contribution in [0.5, 0.6) is 5.75 Å². The molecule has 7 heteroatoms. The van der Waals surface area contributed by atoms with Gasteiger partial charge in [0.2, 0.25) is 5.95 Å². The molecule has 0 fully saturated rings. The molecule has 1 aliphatic heterocycles. The van der Waals surface area contributed by atoms with Crippen LogP contribution in [-0.2, 0) is 13.0 Å². The van der Waals surface area contributed by atoms with Crippen LogP contribution in [0.3, 0.4) is 0 Å². The van der Waals surface area contributed by atoms with Crippen LogP contribution < -0.4 is 15.0 Å². The number of ether oxygens (including phenoxy) is 1. The fourth-order valence-corrected chi connectivity index (χ4v) is 3.41. The van der Waals surface area contributed by atoms with Gasteiger partial charge in [-0.25, -0.2) is 9.97 Å². The minimum absolute atomic E-state index is 0.323. The number of methoxy groups -OCH3 is 1. The topological polar surface area (TPSA) is 67.3 Å². The van der Waals surface area contributed by atoms with E-state index in [1.54, 1.807) is 18.2 Å². The number of anilines is 2. The second kappa shape index (κ2) is 7.86. The van der Waals surface area contributed by atoms with E-state index in [0.717, 1.165) is 19.5 Å². The summed E-state index contributed by atoms with van der Waals surface area (Å²) in [6, 6.07) is 13.4. The summed E-state index contributed by atoms with van der Waals surface area (Å²) in [6.45, 7) is 1.61. The van der Waals surface area contributed by atoms with E-state index in [-0.39, 0.29) is 5.91 Å². The Morgan fingerprint density at radius 3 is 2.64 bits per heavy atom. The average molecular weight is 395 g/mol. The molecule has 0 spiro atoms. The molecule has 0 saturated carbocycles. The number of carbonyl (C=O) groups is 1. The Balaban J connectivity index is 1.48. The molecule has 4 rings (SSSR count). The van der Waals surface area contributed by atoms with Gasteiger partial charge in [0, 0.05) is 30.5 Å². The lowest BCUT2D eigenvalue weighted by Crippen LogP contribution is -2.31. The summed E-state index contributed by atoms with van der Waals surface area (Å²) in [5.41, 5.74) is 3.51. The molecule has 1 aliphatic rings. The number of hydrogen-bond donors (Lipinski definition) is 1. The monoisotopic (exact) mass is 394 g/mol. The molecule has 0 saturated heterocycles. The van der Waals surface area contributed by atoms with Gasteiger partial charge in [-0.3, -0.25) is 4.79 Å². The van der Waals surface area contributed by atoms with E-state index in [0.29, 0.717) is 28.0 Å². The van der Waals surface area contributed by atoms with Crippen LogP contribution in [0.2, 0.25) is 5.02 Å². The summed E-state index contributed by atoms with van der Waals surface area (Å²) >= 11 is 6.01. The van der Waals surface area contributed by atoms with Crippen molar-refractivity contribution in [2.24, 2.45) is 0 Å². The van der Waals surface area contributed by atoms with Crippen LogP contribution >= 0.6 is 11.6 Å². The molecule has 28 heavy (non-hydrogen) atoms. The minimum Gasteiger partial charge on any atom is -0.495 e. The zero-order valence-corrected chi connectivity index (χ0v) is 16.1. The predicted molar refractivity (Wildman–Crippen MR) is 109 cm³/mol. The Kier molecular flexibility index (Phi) is 5.12. The van der Waals surface area contributed by atoms with Crippen LogP contribution in [0, 0.1) is 0 Å². The minimum atomic E-state index is -0.323. The molecule has 1 amide bonds. The smallest absolute Gasteiger partial charge is 0.258 e. The van der Waals surface area contributed by atoms with Gasteiger partial charge in [0.1, 0.15) is 5.75 Å². The number of hydrogen-bond acceptors (Lipinski definition) is 5. The summed E-state index contributed by atoms with van der Waals surface area (Å²) in [5, 5.41) is 3.30. The SMILES string of the molecule is COc1ccc(Cl)cc1NC(=O)c1cnc(N2CCc3ccccc3C2)nc1. The molecule has 3 aromatic rings.